The minimum Gasteiger partial charge on any atom is -0.0630 e. The fraction of sp³-hybridized carbons (Fsp3) is 0.400. The third-order valence-electron chi connectivity index (χ3n) is 3.79. The highest BCUT2D eigenvalue weighted by Crippen LogP contribution is 2.49. The first-order valence-electron chi connectivity index (χ1n) is 7.55. The summed E-state index contributed by atoms with van der Waals surface area (Å²) in [5.74, 6) is 0.833. The average Bonchev–Trinajstić information content (AvgIpc) is 2.60. The van der Waals surface area contributed by atoms with Crippen LogP contribution in [0.15, 0.2) is 42.5 Å². The van der Waals surface area contributed by atoms with Gasteiger partial charge in [-0.25, -0.2) is 0 Å². The minimum absolute atomic E-state index is 0.150. The molecule has 1 aliphatic carbocycles. The molecule has 0 saturated carbocycles. The van der Waals surface area contributed by atoms with Crippen molar-refractivity contribution in [2.45, 2.75) is 47.0 Å². The maximum absolute atomic E-state index is 2.32. The van der Waals surface area contributed by atoms with Gasteiger partial charge in [0.2, 0.25) is 0 Å². The van der Waals surface area contributed by atoms with Gasteiger partial charge in [-0.05, 0) is 40.7 Å². The molecule has 0 unspecified atom stereocenters. The summed E-state index contributed by atoms with van der Waals surface area (Å²) in [5, 5.41) is 0. The molecule has 0 fully saturated rings. The maximum Gasteiger partial charge on any atom is 0.0161 e. The Labute approximate surface area is 123 Å². The molecule has 0 aliphatic heterocycles. The van der Waals surface area contributed by atoms with Gasteiger partial charge in [0.25, 0.3) is 0 Å². The Balaban J connectivity index is 0.000000328. The molecule has 0 radical (unpaired) electrons. The molecule has 0 bridgehead atoms. The number of hydrogen-bond acceptors (Lipinski definition) is 0. The first-order chi connectivity index (χ1) is 9.35. The van der Waals surface area contributed by atoms with E-state index in [-0.39, 0.29) is 5.41 Å². The molecule has 0 heterocycles. The summed E-state index contributed by atoms with van der Waals surface area (Å²) in [6.45, 7) is 13.4. The Morgan fingerprint density at radius 3 is 2.00 bits per heavy atom. The van der Waals surface area contributed by atoms with E-state index < -0.39 is 0 Å². The predicted octanol–water partition coefficient (Wildman–Crippen LogP) is 5.96. The second-order valence-corrected chi connectivity index (χ2v) is 6.90. The van der Waals surface area contributed by atoms with Gasteiger partial charge in [0.05, 0.1) is 0 Å². The Hall–Kier alpha value is -1.56. The average molecular weight is 266 g/mol. The lowest BCUT2D eigenvalue weighted by Crippen LogP contribution is -2.16. The maximum atomic E-state index is 2.32. The van der Waals surface area contributed by atoms with Crippen molar-refractivity contribution in [1.82, 2.24) is 0 Å². The zero-order valence-electron chi connectivity index (χ0n) is 13.6. The molecular weight excluding hydrogens is 240 g/mol. The number of fused-ring (bicyclic) bond motifs is 3. The third kappa shape index (κ3) is 2.52. The molecular formula is C20H26. The summed E-state index contributed by atoms with van der Waals surface area (Å²) in [7, 11) is 0. The van der Waals surface area contributed by atoms with Crippen molar-refractivity contribution in [3.8, 4) is 11.1 Å². The van der Waals surface area contributed by atoms with E-state index in [2.05, 4.69) is 84.0 Å². The predicted molar refractivity (Wildman–Crippen MR) is 89.3 cm³/mol. The van der Waals surface area contributed by atoms with Crippen LogP contribution in [0, 0.1) is 12.8 Å². The summed E-state index contributed by atoms with van der Waals surface area (Å²) in [6, 6.07) is 15.4. The van der Waals surface area contributed by atoms with Gasteiger partial charge < -0.3 is 0 Å². The van der Waals surface area contributed by atoms with Gasteiger partial charge in [-0.2, -0.15) is 0 Å². The molecule has 0 spiro atoms. The second kappa shape index (κ2) is 5.44. The summed E-state index contributed by atoms with van der Waals surface area (Å²) in [6.07, 6.45) is 0. The lowest BCUT2D eigenvalue weighted by molar-refractivity contribution is 0.655. The highest BCUT2D eigenvalue weighted by molar-refractivity contribution is 5.81. The smallest absolute Gasteiger partial charge is 0.0161 e. The first-order valence-corrected chi connectivity index (χ1v) is 7.55. The van der Waals surface area contributed by atoms with E-state index in [4.69, 9.17) is 0 Å². The van der Waals surface area contributed by atoms with Crippen molar-refractivity contribution in [3.63, 3.8) is 0 Å². The molecule has 0 aromatic heterocycles. The van der Waals surface area contributed by atoms with Crippen LogP contribution in [0.4, 0.5) is 0 Å². The van der Waals surface area contributed by atoms with Gasteiger partial charge in [0, 0.05) is 5.41 Å². The molecule has 0 N–H and O–H groups in total. The summed E-state index contributed by atoms with van der Waals surface area (Å²) in [4.78, 5) is 0. The van der Waals surface area contributed by atoms with Gasteiger partial charge in [-0.15, -0.1) is 0 Å². The van der Waals surface area contributed by atoms with E-state index in [1.165, 1.54) is 27.8 Å². The fourth-order valence-corrected chi connectivity index (χ4v) is 3.12. The Bertz CT molecular complexity index is 600. The van der Waals surface area contributed by atoms with E-state index in [1.807, 2.05) is 0 Å². The summed E-state index contributed by atoms with van der Waals surface area (Å²) < 4.78 is 0. The number of benzene rings is 2. The van der Waals surface area contributed by atoms with Crippen LogP contribution in [0.3, 0.4) is 0 Å². The molecule has 3 rings (SSSR count). The highest BCUT2D eigenvalue weighted by atomic mass is 14.4. The zero-order chi connectivity index (χ0) is 14.9. The molecule has 0 saturated heterocycles. The lowest BCUT2D eigenvalue weighted by Gasteiger charge is -2.23. The van der Waals surface area contributed by atoms with Crippen molar-refractivity contribution in [1.29, 1.82) is 0 Å². The quantitative estimate of drug-likeness (QED) is 0.551. The van der Waals surface area contributed by atoms with Crippen LogP contribution in [0.2, 0.25) is 0 Å². The van der Waals surface area contributed by atoms with Crippen molar-refractivity contribution >= 4 is 0 Å². The van der Waals surface area contributed by atoms with Gasteiger partial charge in [0.15, 0.2) is 0 Å². The molecule has 20 heavy (non-hydrogen) atoms. The van der Waals surface area contributed by atoms with Crippen molar-refractivity contribution < 1.29 is 0 Å². The summed E-state index contributed by atoms with van der Waals surface area (Å²) >= 11 is 0. The normalized spacial score (nSPS) is 14.3. The monoisotopic (exact) mass is 266 g/mol. The molecule has 0 atom stereocenters. The molecule has 2 aromatic carbocycles. The second-order valence-electron chi connectivity index (χ2n) is 6.90. The Morgan fingerprint density at radius 2 is 1.35 bits per heavy atom. The van der Waals surface area contributed by atoms with Crippen LogP contribution in [-0.4, -0.2) is 0 Å². The van der Waals surface area contributed by atoms with E-state index in [1.54, 1.807) is 0 Å². The Kier molecular flexibility index (Phi) is 4.04. The Morgan fingerprint density at radius 1 is 0.800 bits per heavy atom. The SMILES string of the molecule is CC(C)C.Cc1cccc2c1C(C)(C)c1ccccc1-2. The third-order valence-corrected chi connectivity index (χ3v) is 3.79. The van der Waals surface area contributed by atoms with Gasteiger partial charge >= 0.3 is 0 Å². The number of hydrogen-bond donors (Lipinski definition) is 0. The molecule has 2 aromatic rings. The molecule has 0 amide bonds. The van der Waals surface area contributed by atoms with Crippen LogP contribution in [-0.2, 0) is 5.41 Å². The number of aryl methyl sites for hydroxylation is 1. The standard InChI is InChI=1S/C16H16.C4H10/c1-11-7-6-9-13-12-8-4-5-10-14(12)16(2,3)15(11)13;1-4(2)3/h4-10H,1-3H3;4H,1-3H3. The molecule has 1 aliphatic rings. The first kappa shape index (κ1) is 14.8. The van der Waals surface area contributed by atoms with Gasteiger partial charge in [-0.3, -0.25) is 0 Å². The zero-order valence-corrected chi connectivity index (χ0v) is 13.6. The summed E-state index contributed by atoms with van der Waals surface area (Å²) in [5.41, 5.74) is 7.33. The topological polar surface area (TPSA) is 0 Å². The number of rotatable bonds is 0. The van der Waals surface area contributed by atoms with Crippen molar-refractivity contribution in [2.24, 2.45) is 5.92 Å². The van der Waals surface area contributed by atoms with Gasteiger partial charge in [0.1, 0.15) is 0 Å². The largest absolute Gasteiger partial charge is 0.0630 e. The van der Waals surface area contributed by atoms with Crippen molar-refractivity contribution in [2.75, 3.05) is 0 Å². The van der Waals surface area contributed by atoms with Crippen molar-refractivity contribution in [3.05, 3.63) is 59.2 Å². The highest BCUT2D eigenvalue weighted by Gasteiger charge is 2.35. The van der Waals surface area contributed by atoms with E-state index in [0.29, 0.717) is 0 Å². The van der Waals surface area contributed by atoms with E-state index in [9.17, 15) is 0 Å². The van der Waals surface area contributed by atoms with Crippen LogP contribution in [0.25, 0.3) is 11.1 Å². The molecule has 0 heteroatoms. The van der Waals surface area contributed by atoms with Gasteiger partial charge in [-0.1, -0.05) is 77.1 Å². The fourth-order valence-electron chi connectivity index (χ4n) is 3.12. The van der Waals surface area contributed by atoms with Crippen LogP contribution < -0.4 is 0 Å². The molecule has 0 nitrogen and oxygen atoms in total. The van der Waals surface area contributed by atoms with Crippen LogP contribution >= 0.6 is 0 Å². The van der Waals surface area contributed by atoms with Crippen LogP contribution in [0.5, 0.6) is 0 Å². The van der Waals surface area contributed by atoms with E-state index in [0.717, 1.165) is 5.92 Å². The lowest BCUT2D eigenvalue weighted by atomic mass is 9.80. The molecule has 106 valence electrons. The minimum atomic E-state index is 0.150. The van der Waals surface area contributed by atoms with Crippen LogP contribution in [0.1, 0.15) is 51.3 Å². The van der Waals surface area contributed by atoms with E-state index >= 15 is 0 Å².